The van der Waals surface area contributed by atoms with Gasteiger partial charge in [-0.2, -0.15) is 0 Å². The van der Waals surface area contributed by atoms with Gasteiger partial charge in [0.15, 0.2) is 0 Å². The van der Waals surface area contributed by atoms with E-state index in [1.807, 2.05) is 35.7 Å². The van der Waals surface area contributed by atoms with Crippen molar-refractivity contribution in [2.45, 2.75) is 24.0 Å². The minimum absolute atomic E-state index is 0.0599. The Hall–Kier alpha value is -1.37. The largest absolute Gasteiger partial charge is 0.383 e. The predicted molar refractivity (Wildman–Crippen MR) is 86.5 cm³/mol. The summed E-state index contributed by atoms with van der Waals surface area (Å²) in [6.07, 6.45) is 2.14. The van der Waals surface area contributed by atoms with Crippen LogP contribution in [0.25, 0.3) is 0 Å². The third-order valence-electron chi connectivity index (χ3n) is 2.90. The molecule has 0 fully saturated rings. The molecule has 4 nitrogen and oxygen atoms in total. The molecule has 0 radical (unpaired) electrons. The van der Waals surface area contributed by atoms with E-state index in [1.54, 1.807) is 24.9 Å². The van der Waals surface area contributed by atoms with Gasteiger partial charge in [-0.3, -0.25) is 4.79 Å². The SMILES string of the molecule is CC(O)(CNC(=O)CCSc1ccccn1)c1cccs1. The number of nitrogens with one attached hydrogen (secondary N) is 1. The van der Waals surface area contributed by atoms with Gasteiger partial charge in [0.25, 0.3) is 0 Å². The highest BCUT2D eigenvalue weighted by Gasteiger charge is 2.24. The van der Waals surface area contributed by atoms with Crippen LogP contribution in [0.4, 0.5) is 0 Å². The van der Waals surface area contributed by atoms with E-state index in [0.29, 0.717) is 12.2 Å². The lowest BCUT2D eigenvalue weighted by molar-refractivity contribution is -0.121. The Kier molecular flexibility index (Phi) is 5.78. The minimum atomic E-state index is -1.02. The van der Waals surface area contributed by atoms with Crippen LogP contribution < -0.4 is 5.32 Å². The summed E-state index contributed by atoms with van der Waals surface area (Å²) in [4.78, 5) is 16.8. The maximum atomic E-state index is 11.8. The molecule has 0 aromatic carbocycles. The molecule has 0 aliphatic rings. The Morgan fingerprint density at radius 3 is 2.95 bits per heavy atom. The topological polar surface area (TPSA) is 62.2 Å². The molecule has 0 spiro atoms. The molecule has 0 aliphatic carbocycles. The Labute approximate surface area is 132 Å². The maximum absolute atomic E-state index is 11.8. The number of pyridine rings is 1. The summed E-state index contributed by atoms with van der Waals surface area (Å²) in [7, 11) is 0. The van der Waals surface area contributed by atoms with Crippen molar-refractivity contribution >= 4 is 29.0 Å². The fourth-order valence-corrected chi connectivity index (χ4v) is 3.31. The summed E-state index contributed by atoms with van der Waals surface area (Å²) in [5.74, 6) is 0.611. The fraction of sp³-hybridized carbons (Fsp3) is 0.333. The molecule has 0 saturated heterocycles. The lowest BCUT2D eigenvalue weighted by Crippen LogP contribution is -2.38. The minimum Gasteiger partial charge on any atom is -0.383 e. The second-order valence-electron chi connectivity index (χ2n) is 4.79. The van der Waals surface area contributed by atoms with Crippen LogP contribution in [0.3, 0.4) is 0 Å². The van der Waals surface area contributed by atoms with Gasteiger partial charge in [0.2, 0.25) is 5.91 Å². The Morgan fingerprint density at radius 2 is 2.29 bits per heavy atom. The lowest BCUT2D eigenvalue weighted by Gasteiger charge is -2.22. The van der Waals surface area contributed by atoms with Crippen LogP contribution in [0.1, 0.15) is 18.2 Å². The van der Waals surface area contributed by atoms with Crippen molar-refractivity contribution in [3.8, 4) is 0 Å². The van der Waals surface area contributed by atoms with Gasteiger partial charge in [-0.15, -0.1) is 23.1 Å². The number of aliphatic hydroxyl groups is 1. The molecule has 1 amide bonds. The number of aromatic nitrogens is 1. The Morgan fingerprint density at radius 1 is 1.43 bits per heavy atom. The van der Waals surface area contributed by atoms with Gasteiger partial charge < -0.3 is 10.4 Å². The van der Waals surface area contributed by atoms with E-state index < -0.39 is 5.60 Å². The molecular weight excluding hydrogens is 304 g/mol. The lowest BCUT2D eigenvalue weighted by atomic mass is 10.1. The van der Waals surface area contributed by atoms with Crippen molar-refractivity contribution in [3.05, 3.63) is 46.8 Å². The van der Waals surface area contributed by atoms with E-state index in [9.17, 15) is 9.90 Å². The molecule has 6 heteroatoms. The van der Waals surface area contributed by atoms with Gasteiger partial charge in [-0.25, -0.2) is 4.98 Å². The number of thiophene rings is 1. The number of rotatable bonds is 7. The molecule has 1 atom stereocenters. The molecule has 0 bridgehead atoms. The van der Waals surface area contributed by atoms with E-state index in [-0.39, 0.29) is 12.5 Å². The summed E-state index contributed by atoms with van der Waals surface area (Å²) in [5, 5.41) is 15.9. The van der Waals surface area contributed by atoms with Crippen LogP contribution in [-0.2, 0) is 10.4 Å². The molecule has 112 valence electrons. The van der Waals surface area contributed by atoms with Crippen LogP contribution in [0.15, 0.2) is 46.9 Å². The zero-order valence-electron chi connectivity index (χ0n) is 11.8. The standard InChI is InChI=1S/C15H18N2O2S2/c1-15(19,12-5-4-9-20-12)11-17-13(18)7-10-21-14-6-2-3-8-16-14/h2-6,8-9,19H,7,10-11H2,1H3,(H,17,18). The number of hydrogen-bond donors (Lipinski definition) is 2. The van der Waals surface area contributed by atoms with Gasteiger partial charge in [0.1, 0.15) is 5.60 Å². The summed E-state index contributed by atoms with van der Waals surface area (Å²) >= 11 is 3.03. The predicted octanol–water partition coefficient (Wildman–Crippen LogP) is 2.65. The normalized spacial score (nSPS) is 13.6. The van der Waals surface area contributed by atoms with Crippen molar-refractivity contribution in [2.75, 3.05) is 12.3 Å². The van der Waals surface area contributed by atoms with E-state index in [4.69, 9.17) is 0 Å². The third kappa shape index (κ3) is 5.15. The summed E-state index contributed by atoms with van der Waals surface area (Å²) in [6.45, 7) is 1.93. The van der Waals surface area contributed by atoms with Gasteiger partial charge in [0, 0.05) is 23.2 Å². The highest BCUT2D eigenvalue weighted by atomic mass is 32.2. The molecule has 0 aliphatic heterocycles. The Bertz CT molecular complexity index is 556. The molecule has 2 N–H and O–H groups in total. The van der Waals surface area contributed by atoms with Crippen molar-refractivity contribution < 1.29 is 9.90 Å². The maximum Gasteiger partial charge on any atom is 0.220 e. The van der Waals surface area contributed by atoms with Gasteiger partial charge in [-0.1, -0.05) is 12.1 Å². The van der Waals surface area contributed by atoms with Crippen molar-refractivity contribution in [1.29, 1.82) is 0 Å². The summed E-state index contributed by atoms with van der Waals surface area (Å²) in [5.41, 5.74) is -1.02. The summed E-state index contributed by atoms with van der Waals surface area (Å²) in [6, 6.07) is 9.47. The van der Waals surface area contributed by atoms with E-state index >= 15 is 0 Å². The number of nitrogens with zero attached hydrogens (tertiary/aromatic N) is 1. The Balaban J connectivity index is 1.70. The third-order valence-corrected chi connectivity index (χ3v) is 4.97. The zero-order valence-corrected chi connectivity index (χ0v) is 13.4. The van der Waals surface area contributed by atoms with Crippen molar-refractivity contribution in [1.82, 2.24) is 10.3 Å². The number of amides is 1. The first kappa shape index (κ1) is 16.0. The number of carbonyl (C=O) groups excluding carboxylic acids is 1. The quantitative estimate of drug-likeness (QED) is 0.769. The van der Waals surface area contributed by atoms with E-state index in [0.717, 1.165) is 9.90 Å². The molecule has 2 rings (SSSR count). The highest BCUT2D eigenvalue weighted by molar-refractivity contribution is 7.99. The van der Waals surface area contributed by atoms with Crippen LogP contribution in [0.5, 0.6) is 0 Å². The zero-order chi connectivity index (χ0) is 15.1. The van der Waals surface area contributed by atoms with Crippen molar-refractivity contribution in [2.24, 2.45) is 0 Å². The first-order valence-electron chi connectivity index (χ1n) is 6.65. The van der Waals surface area contributed by atoms with Gasteiger partial charge >= 0.3 is 0 Å². The smallest absolute Gasteiger partial charge is 0.220 e. The number of thioether (sulfide) groups is 1. The molecule has 1 unspecified atom stereocenters. The monoisotopic (exact) mass is 322 g/mol. The summed E-state index contributed by atoms with van der Waals surface area (Å²) < 4.78 is 0. The molecular formula is C15H18N2O2S2. The molecule has 0 saturated carbocycles. The average molecular weight is 322 g/mol. The molecule has 2 aromatic heterocycles. The molecule has 2 aromatic rings. The van der Waals surface area contributed by atoms with Gasteiger partial charge in [0.05, 0.1) is 11.6 Å². The highest BCUT2D eigenvalue weighted by Crippen LogP contribution is 2.24. The van der Waals surface area contributed by atoms with Crippen molar-refractivity contribution in [3.63, 3.8) is 0 Å². The average Bonchev–Trinajstić information content (AvgIpc) is 3.01. The number of carbonyl (C=O) groups is 1. The first-order valence-corrected chi connectivity index (χ1v) is 8.51. The fourth-order valence-electron chi connectivity index (χ4n) is 1.71. The van der Waals surface area contributed by atoms with Crippen LogP contribution >= 0.6 is 23.1 Å². The van der Waals surface area contributed by atoms with Gasteiger partial charge in [-0.05, 0) is 30.5 Å². The van der Waals surface area contributed by atoms with E-state index in [1.165, 1.54) is 11.3 Å². The second-order valence-corrected chi connectivity index (χ2v) is 6.86. The second kappa shape index (κ2) is 7.59. The van der Waals surface area contributed by atoms with E-state index in [2.05, 4.69) is 10.3 Å². The van der Waals surface area contributed by atoms with Crippen LogP contribution in [-0.4, -0.2) is 28.3 Å². The first-order chi connectivity index (χ1) is 10.1. The molecule has 21 heavy (non-hydrogen) atoms. The van der Waals surface area contributed by atoms with Crippen LogP contribution in [0, 0.1) is 0 Å². The van der Waals surface area contributed by atoms with Crippen LogP contribution in [0.2, 0.25) is 0 Å². The number of hydrogen-bond acceptors (Lipinski definition) is 5. The molecule has 2 heterocycles.